The number of carboxylic acid groups (broad SMARTS) is 2. The lowest BCUT2D eigenvalue weighted by molar-refractivity contribution is 0.0677. The number of hydrogen-bond donors (Lipinski definition) is 4. The quantitative estimate of drug-likeness (QED) is 0.228. The van der Waals surface area contributed by atoms with Crippen LogP contribution in [0.3, 0.4) is 0 Å². The molecule has 0 atom stereocenters. The molecule has 0 radical (unpaired) electrons. The Hall–Kier alpha value is -5.50. The molecular formula is C30H20N2O6. The van der Waals surface area contributed by atoms with Crippen molar-refractivity contribution in [1.82, 2.24) is 0 Å². The zero-order valence-electron chi connectivity index (χ0n) is 19.8. The molecule has 5 rings (SSSR count). The molecule has 0 aliphatic heterocycles. The van der Waals surface area contributed by atoms with Crippen molar-refractivity contribution in [2.75, 3.05) is 10.6 Å². The first-order valence-corrected chi connectivity index (χ1v) is 11.6. The van der Waals surface area contributed by atoms with E-state index in [1.807, 2.05) is 36.4 Å². The van der Waals surface area contributed by atoms with Gasteiger partial charge in [0.25, 0.3) is 11.8 Å². The number of carbonyl (C=O) groups is 4. The van der Waals surface area contributed by atoms with E-state index in [1.165, 1.54) is 0 Å². The maximum atomic E-state index is 13.2. The third kappa shape index (κ3) is 4.54. The molecule has 0 aliphatic carbocycles. The van der Waals surface area contributed by atoms with Crippen molar-refractivity contribution in [3.8, 4) is 0 Å². The lowest BCUT2D eigenvalue weighted by Crippen LogP contribution is -2.22. The lowest BCUT2D eigenvalue weighted by Gasteiger charge is -2.14. The highest BCUT2D eigenvalue weighted by Crippen LogP contribution is 2.27. The van der Waals surface area contributed by atoms with Gasteiger partial charge in [-0.1, -0.05) is 72.8 Å². The number of hydrogen-bond acceptors (Lipinski definition) is 4. The number of anilines is 2. The lowest BCUT2D eigenvalue weighted by atomic mass is 9.96. The molecule has 4 N–H and O–H groups in total. The largest absolute Gasteiger partial charge is 0.478 e. The maximum Gasteiger partial charge on any atom is 0.336 e. The van der Waals surface area contributed by atoms with E-state index in [2.05, 4.69) is 10.6 Å². The molecule has 186 valence electrons. The highest BCUT2D eigenvalue weighted by Gasteiger charge is 2.26. The smallest absolute Gasteiger partial charge is 0.336 e. The Bertz CT molecular complexity index is 1630. The van der Waals surface area contributed by atoms with E-state index in [4.69, 9.17) is 0 Å². The van der Waals surface area contributed by atoms with E-state index >= 15 is 0 Å². The molecule has 38 heavy (non-hydrogen) atoms. The summed E-state index contributed by atoms with van der Waals surface area (Å²) in [6.45, 7) is 0. The average Bonchev–Trinajstić information content (AvgIpc) is 2.92. The second-order valence-electron chi connectivity index (χ2n) is 8.52. The van der Waals surface area contributed by atoms with E-state index in [-0.39, 0.29) is 11.1 Å². The number of aromatic carboxylic acids is 2. The van der Waals surface area contributed by atoms with Gasteiger partial charge in [0.15, 0.2) is 0 Å². The molecule has 0 spiro atoms. The second kappa shape index (κ2) is 9.87. The Balaban J connectivity index is 1.55. The van der Waals surface area contributed by atoms with Gasteiger partial charge in [-0.25, -0.2) is 9.59 Å². The first-order valence-electron chi connectivity index (χ1n) is 11.6. The van der Waals surface area contributed by atoms with Crippen molar-refractivity contribution in [1.29, 1.82) is 0 Å². The monoisotopic (exact) mass is 504 g/mol. The van der Waals surface area contributed by atoms with Gasteiger partial charge in [-0.15, -0.1) is 0 Å². The third-order valence-electron chi connectivity index (χ3n) is 6.18. The predicted molar refractivity (Wildman–Crippen MR) is 144 cm³/mol. The highest BCUT2D eigenvalue weighted by atomic mass is 16.4. The maximum absolute atomic E-state index is 13.2. The van der Waals surface area contributed by atoms with E-state index < -0.39 is 34.9 Å². The number of carbonyl (C=O) groups excluding carboxylic acids is 2. The zero-order valence-corrected chi connectivity index (χ0v) is 19.8. The predicted octanol–water partition coefficient (Wildman–Crippen LogP) is 5.89. The van der Waals surface area contributed by atoms with Gasteiger partial charge < -0.3 is 20.8 Å². The first-order chi connectivity index (χ1) is 18.3. The fourth-order valence-corrected chi connectivity index (χ4v) is 4.38. The van der Waals surface area contributed by atoms with Gasteiger partial charge in [-0.3, -0.25) is 9.59 Å². The second-order valence-corrected chi connectivity index (χ2v) is 8.52. The van der Waals surface area contributed by atoms with Crippen LogP contribution in [0, 0.1) is 0 Å². The van der Waals surface area contributed by atoms with E-state index in [0.717, 1.165) is 33.7 Å². The summed E-state index contributed by atoms with van der Waals surface area (Å²) in [5.41, 5.74) is -0.918. The Morgan fingerprint density at radius 3 is 1.24 bits per heavy atom. The van der Waals surface area contributed by atoms with Crippen molar-refractivity contribution in [2.24, 2.45) is 0 Å². The van der Waals surface area contributed by atoms with Crippen LogP contribution in [0.4, 0.5) is 11.4 Å². The highest BCUT2D eigenvalue weighted by molar-refractivity contribution is 6.18. The van der Waals surface area contributed by atoms with Crippen LogP contribution >= 0.6 is 0 Å². The summed E-state index contributed by atoms with van der Waals surface area (Å²) in [7, 11) is 0. The summed E-state index contributed by atoms with van der Waals surface area (Å²) in [5, 5.41) is 28.2. The minimum absolute atomic E-state index is 0.385. The summed E-state index contributed by atoms with van der Waals surface area (Å²) in [5.74, 6) is -4.60. The molecule has 5 aromatic carbocycles. The van der Waals surface area contributed by atoms with Gasteiger partial charge in [-0.2, -0.15) is 0 Å². The molecule has 8 nitrogen and oxygen atoms in total. The number of carboxylic acids is 2. The van der Waals surface area contributed by atoms with Crippen molar-refractivity contribution in [2.45, 2.75) is 0 Å². The van der Waals surface area contributed by atoms with Crippen LogP contribution < -0.4 is 10.6 Å². The van der Waals surface area contributed by atoms with Crippen molar-refractivity contribution >= 4 is 56.7 Å². The Kier molecular flexibility index (Phi) is 6.28. The van der Waals surface area contributed by atoms with Gasteiger partial charge in [0, 0.05) is 22.1 Å². The average molecular weight is 504 g/mol. The van der Waals surface area contributed by atoms with Crippen molar-refractivity contribution in [3.05, 3.63) is 119 Å². The normalized spacial score (nSPS) is 10.7. The summed E-state index contributed by atoms with van der Waals surface area (Å²) in [6, 6.07) is 27.0. The van der Waals surface area contributed by atoms with Crippen LogP contribution in [0.5, 0.6) is 0 Å². The number of fused-ring (bicyclic) bond motifs is 2. The van der Waals surface area contributed by atoms with Crippen LogP contribution in [0.25, 0.3) is 21.5 Å². The fourth-order valence-electron chi connectivity index (χ4n) is 4.38. The molecule has 0 saturated heterocycles. The van der Waals surface area contributed by atoms with E-state index in [0.29, 0.717) is 11.4 Å². The van der Waals surface area contributed by atoms with Crippen LogP contribution in [0.2, 0.25) is 0 Å². The zero-order chi connectivity index (χ0) is 26.8. The minimum atomic E-state index is -1.48. The van der Waals surface area contributed by atoms with Crippen molar-refractivity contribution < 1.29 is 29.4 Å². The minimum Gasteiger partial charge on any atom is -0.478 e. The van der Waals surface area contributed by atoms with Gasteiger partial charge in [-0.05, 0) is 35.0 Å². The molecule has 0 fully saturated rings. The molecule has 0 heterocycles. The van der Waals surface area contributed by atoms with Crippen LogP contribution in [0.1, 0.15) is 41.4 Å². The van der Waals surface area contributed by atoms with Gasteiger partial charge >= 0.3 is 11.9 Å². The topological polar surface area (TPSA) is 133 Å². The number of benzene rings is 5. The summed E-state index contributed by atoms with van der Waals surface area (Å²) < 4.78 is 0. The molecule has 8 heteroatoms. The first kappa shape index (κ1) is 24.2. The Morgan fingerprint density at radius 2 is 0.842 bits per heavy atom. The van der Waals surface area contributed by atoms with E-state index in [1.54, 1.807) is 48.5 Å². The summed E-state index contributed by atoms with van der Waals surface area (Å²) in [6.07, 6.45) is 0. The van der Waals surface area contributed by atoms with Gasteiger partial charge in [0.1, 0.15) is 0 Å². The van der Waals surface area contributed by atoms with Crippen LogP contribution in [-0.4, -0.2) is 34.0 Å². The molecule has 0 unspecified atom stereocenters. The van der Waals surface area contributed by atoms with Gasteiger partial charge in [0.05, 0.1) is 22.3 Å². The molecular weight excluding hydrogens is 484 g/mol. The Labute approximate surface area is 216 Å². The summed E-state index contributed by atoms with van der Waals surface area (Å²) >= 11 is 0. The molecule has 2 amide bonds. The molecule has 0 bridgehead atoms. The molecule has 0 aliphatic rings. The SMILES string of the molecule is O=C(O)c1cc(C(=O)Nc2cccc3ccccc23)c(C(=O)O)cc1C(=O)Nc1cccc2ccccc12. The molecule has 0 saturated carbocycles. The number of amides is 2. The fraction of sp³-hybridized carbons (Fsp3) is 0. The standard InChI is InChI=1S/C30H20N2O6/c33-27(31-25-13-5-9-17-7-1-3-11-19(17)25)21-15-24(30(37)38)22(16-23(21)29(35)36)28(34)32-26-14-6-10-18-8-2-4-12-20(18)26/h1-16H,(H,31,33)(H,32,34)(H,35,36)(H,37,38). The number of rotatable bonds is 6. The Morgan fingerprint density at radius 1 is 0.474 bits per heavy atom. The van der Waals surface area contributed by atoms with Gasteiger partial charge in [0.2, 0.25) is 0 Å². The number of nitrogens with one attached hydrogen (secondary N) is 2. The molecule has 0 aromatic heterocycles. The van der Waals surface area contributed by atoms with Crippen LogP contribution in [0.15, 0.2) is 97.1 Å². The molecule has 5 aromatic rings. The van der Waals surface area contributed by atoms with Crippen molar-refractivity contribution in [3.63, 3.8) is 0 Å². The summed E-state index contributed by atoms with van der Waals surface area (Å²) in [4.78, 5) is 50.7. The third-order valence-corrected chi connectivity index (χ3v) is 6.18. The van der Waals surface area contributed by atoms with E-state index in [9.17, 15) is 29.4 Å². The van der Waals surface area contributed by atoms with Crippen LogP contribution in [-0.2, 0) is 0 Å².